The third-order valence-electron chi connectivity index (χ3n) is 5.86. The quantitative estimate of drug-likeness (QED) is 0.740. The Hall–Kier alpha value is -2.80. The molecular weight excluding hydrogens is 410 g/mol. The molecule has 1 saturated carbocycles. The van der Waals surface area contributed by atoms with Crippen molar-refractivity contribution in [1.29, 1.82) is 0 Å². The van der Waals surface area contributed by atoms with Gasteiger partial charge in [-0.15, -0.1) is 0 Å². The molecular formula is C24H27N3O3S. The molecule has 1 saturated heterocycles. The van der Waals surface area contributed by atoms with Crippen LogP contribution in [0.1, 0.15) is 39.6 Å². The lowest BCUT2D eigenvalue weighted by molar-refractivity contribution is -0.117. The number of rotatable bonds is 5. The van der Waals surface area contributed by atoms with Gasteiger partial charge >= 0.3 is 0 Å². The van der Waals surface area contributed by atoms with E-state index in [1.165, 1.54) is 0 Å². The summed E-state index contributed by atoms with van der Waals surface area (Å²) < 4.78 is 0. The standard InChI is InChI=1S/C24H27N3O3S/c1-15-13-20(15)23(29)25-19-5-3-4-17(14-19)22(28)26-21-7-6-18(12-16(21)2)24(30)27-8-10-31-11-9-27/h3-7,12,14-15,20H,8-11,13H2,1-2H3,(H,25,29)(H,26,28). The summed E-state index contributed by atoms with van der Waals surface area (Å²) in [6, 6.07) is 12.3. The topological polar surface area (TPSA) is 78.5 Å². The Morgan fingerprint density at radius 1 is 1.00 bits per heavy atom. The summed E-state index contributed by atoms with van der Waals surface area (Å²) >= 11 is 1.87. The van der Waals surface area contributed by atoms with Crippen molar-refractivity contribution < 1.29 is 14.4 Å². The lowest BCUT2D eigenvalue weighted by Crippen LogP contribution is -2.37. The highest BCUT2D eigenvalue weighted by Crippen LogP contribution is 2.38. The van der Waals surface area contributed by atoms with Crippen LogP contribution in [0.2, 0.25) is 0 Å². The number of carbonyl (C=O) groups is 3. The molecule has 2 fully saturated rings. The van der Waals surface area contributed by atoms with Gasteiger partial charge in [0.2, 0.25) is 5.91 Å². The van der Waals surface area contributed by atoms with Crippen LogP contribution in [0.25, 0.3) is 0 Å². The van der Waals surface area contributed by atoms with Crippen LogP contribution in [-0.4, -0.2) is 47.2 Å². The molecule has 0 aromatic heterocycles. The van der Waals surface area contributed by atoms with E-state index in [0.29, 0.717) is 28.4 Å². The minimum atomic E-state index is -0.258. The van der Waals surface area contributed by atoms with Crippen molar-refractivity contribution in [2.45, 2.75) is 20.3 Å². The average Bonchev–Trinajstić information content (AvgIpc) is 3.52. The highest BCUT2D eigenvalue weighted by molar-refractivity contribution is 7.99. The number of nitrogens with one attached hydrogen (secondary N) is 2. The Morgan fingerprint density at radius 3 is 2.42 bits per heavy atom. The summed E-state index contributed by atoms with van der Waals surface area (Å²) in [6.07, 6.45) is 0.917. The van der Waals surface area contributed by atoms with Crippen molar-refractivity contribution >= 4 is 40.9 Å². The molecule has 1 heterocycles. The third-order valence-corrected chi connectivity index (χ3v) is 6.80. The molecule has 2 N–H and O–H groups in total. The predicted molar refractivity (Wildman–Crippen MR) is 125 cm³/mol. The van der Waals surface area contributed by atoms with Gasteiger partial charge in [-0.2, -0.15) is 11.8 Å². The molecule has 31 heavy (non-hydrogen) atoms. The van der Waals surface area contributed by atoms with Crippen LogP contribution in [0.5, 0.6) is 0 Å². The molecule has 0 radical (unpaired) electrons. The highest BCUT2D eigenvalue weighted by Gasteiger charge is 2.39. The first-order chi connectivity index (χ1) is 14.9. The molecule has 3 amide bonds. The molecule has 7 heteroatoms. The molecule has 1 aliphatic heterocycles. The Kier molecular flexibility index (Phi) is 6.32. The summed E-state index contributed by atoms with van der Waals surface area (Å²) in [4.78, 5) is 39.5. The molecule has 2 atom stereocenters. The number of hydrogen-bond acceptors (Lipinski definition) is 4. The van der Waals surface area contributed by atoms with E-state index >= 15 is 0 Å². The van der Waals surface area contributed by atoms with Gasteiger partial charge in [-0.05, 0) is 61.2 Å². The molecule has 2 aromatic carbocycles. The molecule has 2 unspecified atom stereocenters. The van der Waals surface area contributed by atoms with Gasteiger partial charge in [0, 0.05) is 53.0 Å². The van der Waals surface area contributed by atoms with E-state index in [4.69, 9.17) is 0 Å². The van der Waals surface area contributed by atoms with Crippen LogP contribution in [-0.2, 0) is 4.79 Å². The van der Waals surface area contributed by atoms with E-state index in [9.17, 15) is 14.4 Å². The number of carbonyl (C=O) groups excluding carboxylic acids is 3. The molecule has 4 rings (SSSR count). The van der Waals surface area contributed by atoms with Gasteiger partial charge in [0.1, 0.15) is 0 Å². The van der Waals surface area contributed by atoms with Crippen molar-refractivity contribution in [3.05, 3.63) is 59.2 Å². The Morgan fingerprint density at radius 2 is 1.74 bits per heavy atom. The van der Waals surface area contributed by atoms with Gasteiger partial charge in [-0.1, -0.05) is 13.0 Å². The minimum absolute atomic E-state index is 0.00783. The Bertz CT molecular complexity index is 1020. The molecule has 2 aliphatic rings. The van der Waals surface area contributed by atoms with Crippen molar-refractivity contribution in [1.82, 2.24) is 4.90 Å². The molecule has 0 bridgehead atoms. The lowest BCUT2D eigenvalue weighted by atomic mass is 10.1. The summed E-state index contributed by atoms with van der Waals surface area (Å²) in [5, 5.41) is 5.81. The predicted octanol–water partition coefficient (Wildman–Crippen LogP) is 4.03. The zero-order valence-corrected chi connectivity index (χ0v) is 18.6. The van der Waals surface area contributed by atoms with Crippen molar-refractivity contribution in [2.75, 3.05) is 35.2 Å². The molecule has 2 aromatic rings. The first kappa shape index (κ1) is 21.4. The second-order valence-corrected chi connectivity index (χ2v) is 9.50. The van der Waals surface area contributed by atoms with Gasteiger partial charge in [0.05, 0.1) is 0 Å². The van der Waals surface area contributed by atoms with Crippen molar-refractivity contribution in [3.8, 4) is 0 Å². The first-order valence-electron chi connectivity index (χ1n) is 10.6. The van der Waals surface area contributed by atoms with Crippen LogP contribution in [0.15, 0.2) is 42.5 Å². The number of hydrogen-bond donors (Lipinski definition) is 2. The van der Waals surface area contributed by atoms with Crippen LogP contribution in [0.4, 0.5) is 11.4 Å². The van der Waals surface area contributed by atoms with Gasteiger partial charge in [0.15, 0.2) is 0 Å². The number of anilines is 2. The molecule has 0 spiro atoms. The smallest absolute Gasteiger partial charge is 0.255 e. The van der Waals surface area contributed by atoms with E-state index in [2.05, 4.69) is 17.6 Å². The maximum absolute atomic E-state index is 12.8. The van der Waals surface area contributed by atoms with E-state index in [1.807, 2.05) is 29.7 Å². The molecule has 162 valence electrons. The van der Waals surface area contributed by atoms with Crippen LogP contribution >= 0.6 is 11.8 Å². The average molecular weight is 438 g/mol. The maximum Gasteiger partial charge on any atom is 0.255 e. The Labute approximate surface area is 186 Å². The fourth-order valence-corrected chi connectivity index (χ4v) is 4.64. The molecule has 6 nitrogen and oxygen atoms in total. The van der Waals surface area contributed by atoms with Crippen LogP contribution < -0.4 is 10.6 Å². The number of benzene rings is 2. The fraction of sp³-hybridized carbons (Fsp3) is 0.375. The number of nitrogens with zero attached hydrogens (tertiary/aromatic N) is 1. The van der Waals surface area contributed by atoms with E-state index in [0.717, 1.165) is 36.6 Å². The largest absolute Gasteiger partial charge is 0.337 e. The van der Waals surface area contributed by atoms with E-state index in [-0.39, 0.29) is 23.6 Å². The van der Waals surface area contributed by atoms with Crippen molar-refractivity contribution in [2.24, 2.45) is 11.8 Å². The summed E-state index contributed by atoms with van der Waals surface area (Å²) in [7, 11) is 0. The zero-order chi connectivity index (χ0) is 22.0. The summed E-state index contributed by atoms with van der Waals surface area (Å²) in [5.74, 6) is 2.23. The van der Waals surface area contributed by atoms with Gasteiger partial charge in [-0.3, -0.25) is 14.4 Å². The fourth-order valence-electron chi connectivity index (χ4n) is 3.74. The second-order valence-electron chi connectivity index (χ2n) is 8.28. The van der Waals surface area contributed by atoms with E-state index in [1.54, 1.807) is 36.4 Å². The first-order valence-corrected chi connectivity index (χ1v) is 11.8. The summed E-state index contributed by atoms with van der Waals surface area (Å²) in [5.41, 5.74) is 3.22. The highest BCUT2D eigenvalue weighted by atomic mass is 32.2. The number of amides is 3. The van der Waals surface area contributed by atoms with Crippen LogP contribution in [0.3, 0.4) is 0 Å². The second kappa shape index (κ2) is 9.14. The van der Waals surface area contributed by atoms with Gasteiger partial charge < -0.3 is 15.5 Å². The van der Waals surface area contributed by atoms with Crippen molar-refractivity contribution in [3.63, 3.8) is 0 Å². The number of aryl methyl sites for hydroxylation is 1. The normalized spacial score (nSPS) is 20.1. The number of thioether (sulfide) groups is 1. The summed E-state index contributed by atoms with van der Waals surface area (Å²) in [6.45, 7) is 5.48. The third kappa shape index (κ3) is 5.10. The minimum Gasteiger partial charge on any atom is -0.337 e. The molecule has 1 aliphatic carbocycles. The lowest BCUT2D eigenvalue weighted by Gasteiger charge is -2.26. The Balaban J connectivity index is 1.41. The maximum atomic E-state index is 12.8. The monoisotopic (exact) mass is 437 g/mol. The van der Waals surface area contributed by atoms with Crippen LogP contribution in [0, 0.1) is 18.8 Å². The van der Waals surface area contributed by atoms with E-state index < -0.39 is 0 Å². The van der Waals surface area contributed by atoms with Gasteiger partial charge in [-0.25, -0.2) is 0 Å². The van der Waals surface area contributed by atoms with Gasteiger partial charge in [0.25, 0.3) is 11.8 Å². The SMILES string of the molecule is Cc1cc(C(=O)N2CCSCC2)ccc1NC(=O)c1cccc(NC(=O)C2CC2C)c1. The zero-order valence-electron chi connectivity index (χ0n) is 17.8.